The van der Waals surface area contributed by atoms with Gasteiger partial charge in [-0.15, -0.1) is 0 Å². The van der Waals surface area contributed by atoms with Crippen LogP contribution in [0, 0.1) is 0 Å². The third-order valence-corrected chi connectivity index (χ3v) is 4.05. The monoisotopic (exact) mass is 293 g/mol. The molecule has 4 heteroatoms. The molecule has 0 spiro atoms. The van der Waals surface area contributed by atoms with Gasteiger partial charge in [-0.05, 0) is 22.4 Å². The van der Waals surface area contributed by atoms with Crippen molar-refractivity contribution in [1.82, 2.24) is 14.5 Å². The van der Waals surface area contributed by atoms with Crippen LogP contribution >= 0.6 is 11.6 Å². The first kappa shape index (κ1) is 12.4. The Balaban J connectivity index is 2.04. The summed E-state index contributed by atoms with van der Waals surface area (Å²) in [5, 5.41) is 3.82. The van der Waals surface area contributed by atoms with Crippen molar-refractivity contribution in [3.8, 4) is 11.1 Å². The van der Waals surface area contributed by atoms with E-state index < -0.39 is 0 Å². The van der Waals surface area contributed by atoms with Crippen LogP contribution in [0.15, 0.2) is 55.0 Å². The summed E-state index contributed by atoms with van der Waals surface area (Å²) in [5.41, 5.74) is 3.03. The van der Waals surface area contributed by atoms with Crippen molar-refractivity contribution in [2.24, 2.45) is 7.05 Å². The van der Waals surface area contributed by atoms with Crippen LogP contribution in [0.5, 0.6) is 0 Å². The van der Waals surface area contributed by atoms with Gasteiger partial charge in [-0.25, -0.2) is 9.97 Å². The molecular weight excluding hydrogens is 282 g/mol. The second-order valence-corrected chi connectivity index (χ2v) is 5.44. The van der Waals surface area contributed by atoms with Gasteiger partial charge >= 0.3 is 0 Å². The van der Waals surface area contributed by atoms with Gasteiger partial charge in [0.2, 0.25) is 0 Å². The van der Waals surface area contributed by atoms with E-state index in [9.17, 15) is 0 Å². The molecule has 0 aliphatic rings. The highest BCUT2D eigenvalue weighted by Crippen LogP contribution is 2.34. The first-order valence-corrected chi connectivity index (χ1v) is 7.06. The maximum absolute atomic E-state index is 6.28. The zero-order valence-corrected chi connectivity index (χ0v) is 12.2. The van der Waals surface area contributed by atoms with Gasteiger partial charge in [-0.2, -0.15) is 0 Å². The van der Waals surface area contributed by atoms with E-state index in [0.717, 1.165) is 22.2 Å². The van der Waals surface area contributed by atoms with E-state index in [-0.39, 0.29) is 0 Å². The molecule has 3 nitrogen and oxygen atoms in total. The number of hydrogen-bond acceptors (Lipinski definition) is 2. The largest absolute Gasteiger partial charge is 0.335 e. The topological polar surface area (TPSA) is 30.7 Å². The van der Waals surface area contributed by atoms with Gasteiger partial charge in [0, 0.05) is 18.8 Å². The first-order valence-electron chi connectivity index (χ1n) is 6.69. The standard InChI is InChI=1S/C17H12ClN3/c1-21-9-14(15-16(18)19-10-20-17(15)21)13-7-6-11-4-2-3-5-12(11)8-13/h2-10H,1H3. The first-order chi connectivity index (χ1) is 10.2. The Kier molecular flexibility index (Phi) is 2.69. The molecule has 4 aromatic rings. The third kappa shape index (κ3) is 1.89. The molecule has 0 bridgehead atoms. The van der Waals surface area contributed by atoms with Gasteiger partial charge in [0.1, 0.15) is 17.1 Å². The molecule has 0 fully saturated rings. The van der Waals surface area contributed by atoms with Crippen LogP contribution in [0.3, 0.4) is 0 Å². The van der Waals surface area contributed by atoms with Gasteiger partial charge in [-0.1, -0.05) is 48.0 Å². The lowest BCUT2D eigenvalue weighted by Crippen LogP contribution is -1.88. The minimum absolute atomic E-state index is 0.490. The summed E-state index contributed by atoms with van der Waals surface area (Å²) in [7, 11) is 1.97. The van der Waals surface area contributed by atoms with Crippen LogP contribution in [-0.4, -0.2) is 14.5 Å². The molecule has 0 amide bonds. The lowest BCUT2D eigenvalue weighted by atomic mass is 10.0. The molecule has 0 saturated carbocycles. The molecule has 21 heavy (non-hydrogen) atoms. The number of nitrogens with zero attached hydrogens (tertiary/aromatic N) is 3. The molecule has 4 rings (SSSR count). The number of halogens is 1. The van der Waals surface area contributed by atoms with Gasteiger partial charge in [-0.3, -0.25) is 0 Å². The number of benzene rings is 2. The predicted molar refractivity (Wildman–Crippen MR) is 86.5 cm³/mol. The zero-order chi connectivity index (χ0) is 14.4. The van der Waals surface area contributed by atoms with E-state index in [0.29, 0.717) is 5.15 Å². The number of rotatable bonds is 1. The van der Waals surface area contributed by atoms with E-state index in [1.165, 1.54) is 17.1 Å². The maximum Gasteiger partial charge on any atom is 0.145 e. The highest BCUT2D eigenvalue weighted by Gasteiger charge is 2.13. The molecule has 2 heterocycles. The van der Waals surface area contributed by atoms with Crippen molar-refractivity contribution in [3.05, 3.63) is 60.1 Å². The highest BCUT2D eigenvalue weighted by molar-refractivity contribution is 6.35. The van der Waals surface area contributed by atoms with Crippen LogP contribution < -0.4 is 0 Å². The fraction of sp³-hybridized carbons (Fsp3) is 0.0588. The maximum atomic E-state index is 6.28. The molecule has 0 aliphatic heterocycles. The Labute approximate surface area is 126 Å². The summed E-state index contributed by atoms with van der Waals surface area (Å²) >= 11 is 6.28. The van der Waals surface area contributed by atoms with Gasteiger partial charge in [0.05, 0.1) is 5.39 Å². The number of fused-ring (bicyclic) bond motifs is 2. The van der Waals surface area contributed by atoms with E-state index in [1.54, 1.807) is 0 Å². The molecule has 0 atom stereocenters. The van der Waals surface area contributed by atoms with E-state index in [4.69, 9.17) is 11.6 Å². The average Bonchev–Trinajstić information content (AvgIpc) is 2.86. The van der Waals surface area contributed by atoms with Crippen molar-refractivity contribution >= 4 is 33.4 Å². The summed E-state index contributed by atoms with van der Waals surface area (Å²) < 4.78 is 1.98. The second-order valence-electron chi connectivity index (χ2n) is 5.08. The lowest BCUT2D eigenvalue weighted by molar-refractivity contribution is 0.944. The smallest absolute Gasteiger partial charge is 0.145 e. The molecule has 0 unspecified atom stereocenters. The average molecular weight is 294 g/mol. The number of aryl methyl sites for hydroxylation is 1. The number of hydrogen-bond donors (Lipinski definition) is 0. The van der Waals surface area contributed by atoms with Crippen LogP contribution in [0.1, 0.15) is 0 Å². The van der Waals surface area contributed by atoms with E-state index in [1.807, 2.05) is 23.7 Å². The Bertz CT molecular complexity index is 972. The van der Waals surface area contributed by atoms with Crippen LogP contribution in [-0.2, 0) is 7.05 Å². The third-order valence-electron chi connectivity index (χ3n) is 3.77. The van der Waals surface area contributed by atoms with Crippen molar-refractivity contribution in [1.29, 1.82) is 0 Å². The minimum atomic E-state index is 0.490. The summed E-state index contributed by atoms with van der Waals surface area (Å²) in [6, 6.07) is 14.7. The van der Waals surface area contributed by atoms with Gasteiger partial charge in [0.25, 0.3) is 0 Å². The van der Waals surface area contributed by atoms with Crippen LogP contribution in [0.25, 0.3) is 32.9 Å². The molecule has 0 aliphatic carbocycles. The predicted octanol–water partition coefficient (Wildman–Crippen LogP) is 4.44. The SMILES string of the molecule is Cn1cc(-c2ccc3ccccc3c2)c2c(Cl)ncnc21. The van der Waals surface area contributed by atoms with Crippen molar-refractivity contribution in [3.63, 3.8) is 0 Å². The van der Waals surface area contributed by atoms with E-state index >= 15 is 0 Å². The Morgan fingerprint density at radius 1 is 1.00 bits per heavy atom. The molecular formula is C17H12ClN3. The van der Waals surface area contributed by atoms with Crippen molar-refractivity contribution in [2.75, 3.05) is 0 Å². The quantitative estimate of drug-likeness (QED) is 0.486. The lowest BCUT2D eigenvalue weighted by Gasteiger charge is -2.03. The van der Waals surface area contributed by atoms with Gasteiger partial charge < -0.3 is 4.57 Å². The van der Waals surface area contributed by atoms with Crippen LogP contribution in [0.4, 0.5) is 0 Å². The molecule has 2 aromatic carbocycles. The highest BCUT2D eigenvalue weighted by atomic mass is 35.5. The Morgan fingerprint density at radius 3 is 2.67 bits per heavy atom. The zero-order valence-electron chi connectivity index (χ0n) is 11.4. The molecule has 0 radical (unpaired) electrons. The summed E-state index contributed by atoms with van der Waals surface area (Å²) in [4.78, 5) is 8.43. The van der Waals surface area contributed by atoms with E-state index in [2.05, 4.69) is 46.5 Å². The summed E-state index contributed by atoms with van der Waals surface area (Å²) in [6.07, 6.45) is 3.55. The second kappa shape index (κ2) is 4.57. The summed E-state index contributed by atoms with van der Waals surface area (Å²) in [6.45, 7) is 0. The molecule has 0 N–H and O–H groups in total. The van der Waals surface area contributed by atoms with Gasteiger partial charge in [0.15, 0.2) is 0 Å². The Morgan fingerprint density at radius 2 is 1.81 bits per heavy atom. The van der Waals surface area contributed by atoms with Crippen LogP contribution in [0.2, 0.25) is 5.15 Å². The van der Waals surface area contributed by atoms with Crippen molar-refractivity contribution in [2.45, 2.75) is 0 Å². The number of aromatic nitrogens is 3. The molecule has 102 valence electrons. The minimum Gasteiger partial charge on any atom is -0.335 e. The normalized spacial score (nSPS) is 11.3. The van der Waals surface area contributed by atoms with Crippen molar-refractivity contribution < 1.29 is 0 Å². The Hall–Kier alpha value is -2.39. The molecule has 2 aromatic heterocycles. The molecule has 0 saturated heterocycles. The fourth-order valence-corrected chi connectivity index (χ4v) is 2.98. The summed E-state index contributed by atoms with van der Waals surface area (Å²) in [5.74, 6) is 0. The fourth-order valence-electron chi connectivity index (χ4n) is 2.75.